The summed E-state index contributed by atoms with van der Waals surface area (Å²) < 4.78 is 5.04. The molecule has 0 amide bonds. The van der Waals surface area contributed by atoms with Gasteiger partial charge in [-0.25, -0.2) is 0 Å². The zero-order valence-corrected chi connectivity index (χ0v) is 7.72. The van der Waals surface area contributed by atoms with Gasteiger partial charge in [0.1, 0.15) is 5.76 Å². The van der Waals surface area contributed by atoms with Crippen molar-refractivity contribution in [1.29, 1.82) is 0 Å². The molecule has 1 aromatic rings. The van der Waals surface area contributed by atoms with E-state index in [1.165, 1.54) is 0 Å². The molecule has 0 fully saturated rings. The smallest absolute Gasteiger partial charge is 0.141 e. The predicted molar refractivity (Wildman–Crippen MR) is 49.8 cm³/mol. The third-order valence-electron chi connectivity index (χ3n) is 1.85. The number of allylic oxidation sites excluding steroid dienone is 3. The highest BCUT2D eigenvalue weighted by Gasteiger charge is 2.10. The molecule has 1 heterocycles. The molecule has 64 valence electrons. The average molecular weight is 163 g/mol. The minimum Gasteiger partial charge on any atom is -0.361 e. The van der Waals surface area contributed by atoms with Gasteiger partial charge in [0.25, 0.3) is 0 Å². The quantitative estimate of drug-likeness (QED) is 0.626. The zero-order valence-electron chi connectivity index (χ0n) is 7.72. The largest absolute Gasteiger partial charge is 0.361 e. The summed E-state index contributed by atoms with van der Waals surface area (Å²) in [4.78, 5) is 0. The highest BCUT2D eigenvalue weighted by Crippen LogP contribution is 2.22. The second kappa shape index (κ2) is 3.39. The van der Waals surface area contributed by atoms with Crippen molar-refractivity contribution < 1.29 is 4.52 Å². The van der Waals surface area contributed by atoms with Crippen molar-refractivity contribution >= 4 is 5.57 Å². The van der Waals surface area contributed by atoms with E-state index >= 15 is 0 Å². The van der Waals surface area contributed by atoms with E-state index in [-0.39, 0.29) is 0 Å². The van der Waals surface area contributed by atoms with Crippen LogP contribution >= 0.6 is 0 Å². The fraction of sp³-hybridized carbons (Fsp3) is 0.300. The summed E-state index contributed by atoms with van der Waals surface area (Å²) in [5, 5.41) is 3.87. The fourth-order valence-electron chi connectivity index (χ4n) is 1.26. The van der Waals surface area contributed by atoms with Crippen molar-refractivity contribution in [2.24, 2.45) is 0 Å². The van der Waals surface area contributed by atoms with Crippen LogP contribution in [0.5, 0.6) is 0 Å². The second-order valence-electron chi connectivity index (χ2n) is 2.65. The SMILES string of the molecule is C=CC(=CC)c1c(C)noc1C. The molecule has 12 heavy (non-hydrogen) atoms. The number of aryl methyl sites for hydroxylation is 2. The van der Waals surface area contributed by atoms with Crippen molar-refractivity contribution in [3.8, 4) is 0 Å². The molecule has 1 rings (SSSR count). The Morgan fingerprint density at radius 3 is 2.50 bits per heavy atom. The van der Waals surface area contributed by atoms with Crippen molar-refractivity contribution in [2.75, 3.05) is 0 Å². The Labute approximate surface area is 72.6 Å². The van der Waals surface area contributed by atoms with E-state index in [0.29, 0.717) is 0 Å². The first kappa shape index (κ1) is 8.78. The highest BCUT2D eigenvalue weighted by molar-refractivity contribution is 5.75. The molecule has 0 atom stereocenters. The summed E-state index contributed by atoms with van der Waals surface area (Å²) in [7, 11) is 0. The Kier molecular flexibility index (Phi) is 2.48. The van der Waals surface area contributed by atoms with Gasteiger partial charge in [0.15, 0.2) is 0 Å². The van der Waals surface area contributed by atoms with Gasteiger partial charge in [-0.1, -0.05) is 23.9 Å². The number of hydrogen-bond donors (Lipinski definition) is 0. The van der Waals surface area contributed by atoms with Gasteiger partial charge in [0, 0.05) is 5.56 Å². The number of hydrogen-bond acceptors (Lipinski definition) is 2. The van der Waals surface area contributed by atoms with Crippen LogP contribution in [0.4, 0.5) is 0 Å². The van der Waals surface area contributed by atoms with E-state index in [9.17, 15) is 0 Å². The first-order chi connectivity index (χ1) is 5.70. The van der Waals surface area contributed by atoms with Gasteiger partial charge in [-0.15, -0.1) is 0 Å². The molecule has 0 aliphatic heterocycles. The van der Waals surface area contributed by atoms with Gasteiger partial charge >= 0.3 is 0 Å². The Hall–Kier alpha value is -1.31. The molecule has 0 unspecified atom stereocenters. The number of rotatable bonds is 2. The van der Waals surface area contributed by atoms with E-state index in [1.807, 2.05) is 32.9 Å². The molecule has 0 saturated carbocycles. The molecule has 0 saturated heterocycles. The summed E-state index contributed by atoms with van der Waals surface area (Å²) in [5.74, 6) is 0.848. The molecule has 0 aromatic carbocycles. The van der Waals surface area contributed by atoms with Crippen LogP contribution in [0, 0.1) is 13.8 Å². The topological polar surface area (TPSA) is 26.0 Å². The molecule has 0 bridgehead atoms. The van der Waals surface area contributed by atoms with Gasteiger partial charge in [-0.3, -0.25) is 0 Å². The molecule has 2 nitrogen and oxygen atoms in total. The molecule has 0 spiro atoms. The Bertz CT molecular complexity index is 301. The zero-order chi connectivity index (χ0) is 9.14. The molecule has 0 N–H and O–H groups in total. The molecule has 0 aliphatic rings. The molecular formula is C10H13NO. The van der Waals surface area contributed by atoms with Crippen LogP contribution in [-0.4, -0.2) is 5.16 Å². The standard InChI is InChI=1S/C10H13NO/c1-5-9(6-2)10-7(3)11-12-8(10)4/h5-6H,1H2,2-4H3. The maximum absolute atomic E-state index is 5.04. The van der Waals surface area contributed by atoms with Crippen molar-refractivity contribution in [3.05, 3.63) is 35.7 Å². The minimum atomic E-state index is 0.848. The summed E-state index contributed by atoms with van der Waals surface area (Å²) in [6, 6.07) is 0. The lowest BCUT2D eigenvalue weighted by atomic mass is 10.0. The summed E-state index contributed by atoms with van der Waals surface area (Å²) >= 11 is 0. The summed E-state index contributed by atoms with van der Waals surface area (Å²) in [6.45, 7) is 9.54. The van der Waals surface area contributed by atoms with Crippen LogP contribution < -0.4 is 0 Å². The number of aromatic nitrogens is 1. The van der Waals surface area contributed by atoms with Crippen molar-refractivity contribution in [3.63, 3.8) is 0 Å². The Morgan fingerprint density at radius 1 is 1.50 bits per heavy atom. The monoisotopic (exact) mass is 163 g/mol. The van der Waals surface area contributed by atoms with Crippen molar-refractivity contribution in [1.82, 2.24) is 5.16 Å². The minimum absolute atomic E-state index is 0.848. The highest BCUT2D eigenvalue weighted by atomic mass is 16.5. The van der Waals surface area contributed by atoms with Crippen LogP contribution in [-0.2, 0) is 0 Å². The van der Waals surface area contributed by atoms with E-state index in [0.717, 1.165) is 22.6 Å². The van der Waals surface area contributed by atoms with Gasteiger partial charge in [-0.2, -0.15) is 0 Å². The first-order valence-electron chi connectivity index (χ1n) is 3.92. The Balaban J connectivity index is 3.25. The summed E-state index contributed by atoms with van der Waals surface area (Å²) in [5.41, 5.74) is 3.05. The van der Waals surface area contributed by atoms with Crippen molar-refractivity contribution in [2.45, 2.75) is 20.8 Å². The van der Waals surface area contributed by atoms with E-state index in [2.05, 4.69) is 11.7 Å². The van der Waals surface area contributed by atoms with Crippen LogP contribution in [0.1, 0.15) is 23.9 Å². The fourth-order valence-corrected chi connectivity index (χ4v) is 1.26. The Morgan fingerprint density at radius 2 is 2.17 bits per heavy atom. The average Bonchev–Trinajstić information content (AvgIpc) is 2.38. The van der Waals surface area contributed by atoms with E-state index in [4.69, 9.17) is 4.52 Å². The van der Waals surface area contributed by atoms with Gasteiger partial charge in [-0.05, 0) is 26.3 Å². The van der Waals surface area contributed by atoms with E-state index < -0.39 is 0 Å². The van der Waals surface area contributed by atoms with Gasteiger partial charge < -0.3 is 4.52 Å². The molecule has 0 aliphatic carbocycles. The third kappa shape index (κ3) is 1.33. The van der Waals surface area contributed by atoms with Crippen LogP contribution in [0.3, 0.4) is 0 Å². The molecule has 1 aromatic heterocycles. The van der Waals surface area contributed by atoms with E-state index in [1.54, 1.807) is 0 Å². The summed E-state index contributed by atoms with van der Waals surface area (Å²) in [6.07, 6.45) is 3.81. The van der Waals surface area contributed by atoms with Gasteiger partial charge in [0.05, 0.1) is 5.69 Å². The normalized spacial score (nSPS) is 11.8. The predicted octanol–water partition coefficient (Wildman–Crippen LogP) is 2.88. The second-order valence-corrected chi connectivity index (χ2v) is 2.65. The number of nitrogens with zero attached hydrogens (tertiary/aromatic N) is 1. The van der Waals surface area contributed by atoms with Crippen LogP contribution in [0.2, 0.25) is 0 Å². The molecule has 2 heteroatoms. The van der Waals surface area contributed by atoms with Gasteiger partial charge in [0.2, 0.25) is 0 Å². The van der Waals surface area contributed by atoms with Crippen LogP contribution in [0.15, 0.2) is 23.3 Å². The lowest BCUT2D eigenvalue weighted by molar-refractivity contribution is 0.393. The first-order valence-corrected chi connectivity index (χ1v) is 3.92. The maximum atomic E-state index is 5.04. The third-order valence-corrected chi connectivity index (χ3v) is 1.85. The maximum Gasteiger partial charge on any atom is 0.141 e. The molecular weight excluding hydrogens is 150 g/mol. The molecule has 0 radical (unpaired) electrons. The lowest BCUT2D eigenvalue weighted by Gasteiger charge is -1.97. The lowest BCUT2D eigenvalue weighted by Crippen LogP contribution is -1.83. The van der Waals surface area contributed by atoms with Crippen LogP contribution in [0.25, 0.3) is 5.57 Å².